The van der Waals surface area contributed by atoms with Crippen LogP contribution in [0.3, 0.4) is 0 Å². The molecule has 0 N–H and O–H groups in total. The van der Waals surface area contributed by atoms with Crippen LogP contribution < -0.4 is 0 Å². The Kier molecular flexibility index (Phi) is 4.37. The number of nitrogens with zero attached hydrogens (tertiary/aromatic N) is 3. The lowest BCUT2D eigenvalue weighted by Gasteiger charge is -2.49. The summed E-state index contributed by atoms with van der Waals surface area (Å²) in [6, 6.07) is 6.14. The van der Waals surface area contributed by atoms with Crippen LogP contribution in [0.15, 0.2) is 41.5 Å². The van der Waals surface area contributed by atoms with E-state index < -0.39 is 0 Å². The minimum atomic E-state index is -0.274. The zero-order chi connectivity index (χ0) is 16.5. The standard InChI is InChI=1S/C19H25N3S/c1-18(2,3)22-13-19(17(23)21-14-22,15-9-5-4-6-10-15)16-11-7-8-12-20-16/h4-5,7-8,11-12,14-15H,6,9-10,13H2,1-3H3. The van der Waals surface area contributed by atoms with Gasteiger partial charge in [-0.1, -0.05) is 30.4 Å². The Morgan fingerprint density at radius 1 is 1.26 bits per heavy atom. The molecule has 3 nitrogen and oxygen atoms in total. The molecule has 2 unspecified atom stereocenters. The van der Waals surface area contributed by atoms with Crippen molar-refractivity contribution in [3.05, 3.63) is 42.2 Å². The normalized spacial score (nSPS) is 28.2. The molecule has 0 aromatic carbocycles. The van der Waals surface area contributed by atoms with Gasteiger partial charge in [0.2, 0.25) is 0 Å². The Bertz CT molecular complexity index is 630. The van der Waals surface area contributed by atoms with Gasteiger partial charge in [-0.2, -0.15) is 0 Å². The van der Waals surface area contributed by atoms with Gasteiger partial charge in [0.05, 0.1) is 17.4 Å². The van der Waals surface area contributed by atoms with E-state index in [-0.39, 0.29) is 11.0 Å². The molecule has 3 rings (SSSR count). The lowest BCUT2D eigenvalue weighted by Crippen LogP contribution is -2.58. The summed E-state index contributed by atoms with van der Waals surface area (Å²) in [6.07, 6.45) is 11.7. The second-order valence-corrected chi connectivity index (χ2v) is 7.90. The van der Waals surface area contributed by atoms with E-state index in [1.165, 1.54) is 0 Å². The largest absolute Gasteiger partial charge is 0.356 e. The molecule has 1 aromatic heterocycles. The average Bonchev–Trinajstić information content (AvgIpc) is 2.56. The predicted octanol–water partition coefficient (Wildman–Crippen LogP) is 4.15. The third-order valence-electron chi connectivity index (χ3n) is 5.07. The highest BCUT2D eigenvalue weighted by atomic mass is 32.1. The van der Waals surface area contributed by atoms with E-state index in [9.17, 15) is 0 Å². The maximum atomic E-state index is 5.79. The maximum absolute atomic E-state index is 5.79. The summed E-state index contributed by atoms with van der Waals surface area (Å²) in [4.78, 5) is 12.5. The van der Waals surface area contributed by atoms with Crippen LogP contribution in [-0.4, -0.2) is 33.3 Å². The van der Waals surface area contributed by atoms with Crippen molar-refractivity contribution in [3.63, 3.8) is 0 Å². The molecule has 1 aromatic rings. The van der Waals surface area contributed by atoms with E-state index in [1.807, 2.05) is 18.6 Å². The van der Waals surface area contributed by atoms with Crippen LogP contribution in [-0.2, 0) is 5.41 Å². The van der Waals surface area contributed by atoms with Gasteiger partial charge in [0.1, 0.15) is 4.99 Å². The SMILES string of the molecule is CC(C)(C)N1C=NC(=S)C(c2ccccn2)(C2CC=CCC2)C1. The smallest absolute Gasteiger partial charge is 0.119 e. The molecule has 4 heteroatoms. The summed E-state index contributed by atoms with van der Waals surface area (Å²) in [6.45, 7) is 7.51. The molecule has 0 saturated carbocycles. The fourth-order valence-corrected chi connectivity index (χ4v) is 3.98. The molecule has 1 aliphatic heterocycles. The number of aromatic nitrogens is 1. The molecule has 0 fully saturated rings. The van der Waals surface area contributed by atoms with Crippen molar-refractivity contribution in [2.45, 2.75) is 51.0 Å². The van der Waals surface area contributed by atoms with Crippen LogP contribution in [0.5, 0.6) is 0 Å². The first-order chi connectivity index (χ1) is 10.9. The van der Waals surface area contributed by atoms with Crippen molar-refractivity contribution in [2.24, 2.45) is 10.9 Å². The molecule has 1 aliphatic carbocycles. The predicted molar refractivity (Wildman–Crippen MR) is 99.9 cm³/mol. The summed E-state index contributed by atoms with van der Waals surface area (Å²) < 4.78 is 0. The molecule has 122 valence electrons. The number of thiocarbonyl (C=S) groups is 1. The quantitative estimate of drug-likeness (QED) is 0.603. The van der Waals surface area contributed by atoms with Crippen LogP contribution in [0.1, 0.15) is 45.7 Å². The van der Waals surface area contributed by atoms with Crippen molar-refractivity contribution in [2.75, 3.05) is 6.54 Å². The topological polar surface area (TPSA) is 28.5 Å². The van der Waals surface area contributed by atoms with Crippen LogP contribution in [0.4, 0.5) is 0 Å². The van der Waals surface area contributed by atoms with Crippen molar-refractivity contribution < 1.29 is 0 Å². The van der Waals surface area contributed by atoms with Gasteiger partial charge in [-0.15, -0.1) is 0 Å². The first kappa shape index (κ1) is 16.3. The van der Waals surface area contributed by atoms with Gasteiger partial charge < -0.3 is 4.90 Å². The molecule has 0 amide bonds. The van der Waals surface area contributed by atoms with Crippen molar-refractivity contribution >= 4 is 23.5 Å². The highest BCUT2D eigenvalue weighted by molar-refractivity contribution is 7.80. The van der Waals surface area contributed by atoms with Gasteiger partial charge >= 0.3 is 0 Å². The third-order valence-corrected chi connectivity index (χ3v) is 5.54. The lowest BCUT2D eigenvalue weighted by atomic mass is 9.66. The monoisotopic (exact) mass is 327 g/mol. The third kappa shape index (κ3) is 2.97. The van der Waals surface area contributed by atoms with Crippen LogP contribution in [0.2, 0.25) is 0 Å². The van der Waals surface area contributed by atoms with E-state index in [1.54, 1.807) is 0 Å². The van der Waals surface area contributed by atoms with Gasteiger partial charge in [0, 0.05) is 18.3 Å². The molecule has 2 aliphatic rings. The number of rotatable bonds is 2. The van der Waals surface area contributed by atoms with Crippen LogP contribution in [0, 0.1) is 5.92 Å². The van der Waals surface area contributed by atoms with E-state index in [0.717, 1.165) is 36.5 Å². The number of aliphatic imine (C=N–C) groups is 1. The summed E-state index contributed by atoms with van der Waals surface area (Å²) in [5.41, 5.74) is 0.810. The number of hydrogen-bond acceptors (Lipinski definition) is 3. The molecule has 0 saturated heterocycles. The van der Waals surface area contributed by atoms with E-state index in [0.29, 0.717) is 5.92 Å². The number of hydrogen-bond donors (Lipinski definition) is 0. The Balaban J connectivity index is 2.10. The molecule has 0 spiro atoms. The molecular formula is C19H25N3S. The highest BCUT2D eigenvalue weighted by Crippen LogP contribution is 2.43. The lowest BCUT2D eigenvalue weighted by molar-refractivity contribution is 0.173. The fraction of sp³-hybridized carbons (Fsp3) is 0.526. The Morgan fingerprint density at radius 2 is 2.09 bits per heavy atom. The summed E-state index contributed by atoms with van der Waals surface area (Å²) in [7, 11) is 0. The summed E-state index contributed by atoms with van der Waals surface area (Å²) in [5, 5.41) is 0. The van der Waals surface area contributed by atoms with Gasteiger partial charge in [0.25, 0.3) is 0 Å². The second-order valence-electron chi connectivity index (χ2n) is 7.52. The van der Waals surface area contributed by atoms with Crippen molar-refractivity contribution in [1.82, 2.24) is 9.88 Å². The zero-order valence-corrected chi connectivity index (χ0v) is 15.0. The zero-order valence-electron chi connectivity index (χ0n) is 14.2. The van der Waals surface area contributed by atoms with Crippen LogP contribution in [0.25, 0.3) is 0 Å². The Labute approximate surface area is 144 Å². The maximum Gasteiger partial charge on any atom is 0.119 e. The minimum absolute atomic E-state index is 0.0179. The van der Waals surface area contributed by atoms with E-state index in [4.69, 9.17) is 17.2 Å². The second kappa shape index (κ2) is 6.16. The summed E-state index contributed by atoms with van der Waals surface area (Å²) >= 11 is 5.79. The molecule has 0 bridgehead atoms. The fourth-order valence-electron chi connectivity index (χ4n) is 3.60. The van der Waals surface area contributed by atoms with E-state index >= 15 is 0 Å². The van der Waals surface area contributed by atoms with Gasteiger partial charge in [-0.05, 0) is 58.1 Å². The number of pyridine rings is 1. The highest BCUT2D eigenvalue weighted by Gasteiger charge is 2.49. The minimum Gasteiger partial charge on any atom is -0.356 e. The summed E-state index contributed by atoms with van der Waals surface area (Å²) in [5.74, 6) is 0.456. The molecule has 2 atom stereocenters. The number of allylic oxidation sites excluding steroid dienone is 2. The van der Waals surface area contributed by atoms with Gasteiger partial charge in [0.15, 0.2) is 0 Å². The van der Waals surface area contributed by atoms with Crippen LogP contribution >= 0.6 is 12.2 Å². The first-order valence-electron chi connectivity index (χ1n) is 8.36. The van der Waals surface area contributed by atoms with Gasteiger partial charge in [-0.25, -0.2) is 4.99 Å². The Morgan fingerprint density at radius 3 is 2.70 bits per heavy atom. The molecule has 23 heavy (non-hydrogen) atoms. The molecule has 2 heterocycles. The Hall–Kier alpha value is -1.55. The molecule has 0 radical (unpaired) electrons. The van der Waals surface area contributed by atoms with Crippen molar-refractivity contribution in [3.8, 4) is 0 Å². The van der Waals surface area contributed by atoms with E-state index in [2.05, 4.69) is 54.9 Å². The molecular weight excluding hydrogens is 302 g/mol. The van der Waals surface area contributed by atoms with Crippen molar-refractivity contribution in [1.29, 1.82) is 0 Å². The van der Waals surface area contributed by atoms with Gasteiger partial charge in [-0.3, -0.25) is 4.98 Å². The first-order valence-corrected chi connectivity index (χ1v) is 8.77. The average molecular weight is 327 g/mol.